The molecule has 0 unspecified atom stereocenters. The highest BCUT2D eigenvalue weighted by molar-refractivity contribution is 5.91. The van der Waals surface area contributed by atoms with Crippen molar-refractivity contribution < 1.29 is 19.0 Å². The summed E-state index contributed by atoms with van der Waals surface area (Å²) in [5.41, 5.74) is 1.78. The lowest BCUT2D eigenvalue weighted by Gasteiger charge is -2.10. The summed E-state index contributed by atoms with van der Waals surface area (Å²) in [6.45, 7) is 2.60. The van der Waals surface area contributed by atoms with E-state index in [9.17, 15) is 4.79 Å². The Labute approximate surface area is 142 Å². The van der Waals surface area contributed by atoms with E-state index < -0.39 is 0 Å². The number of carbonyl (C=O) groups excluding carboxylic acids is 1. The minimum absolute atomic E-state index is 0.0453. The third-order valence-corrected chi connectivity index (χ3v) is 3.54. The monoisotopic (exact) mass is 329 g/mol. The van der Waals surface area contributed by atoms with Gasteiger partial charge in [0.15, 0.2) is 11.5 Å². The highest BCUT2D eigenvalue weighted by atomic mass is 16.5. The van der Waals surface area contributed by atoms with Crippen molar-refractivity contribution in [3.05, 3.63) is 48.0 Å². The highest BCUT2D eigenvalue weighted by Crippen LogP contribution is 2.29. The van der Waals surface area contributed by atoms with Crippen LogP contribution in [0, 0.1) is 0 Å². The molecule has 0 fully saturated rings. The maximum Gasteiger partial charge on any atom is 0.224 e. The lowest BCUT2D eigenvalue weighted by molar-refractivity contribution is -0.116. The summed E-state index contributed by atoms with van der Waals surface area (Å²) in [5, 5.41) is 2.87. The molecular formula is C19H23NO4. The largest absolute Gasteiger partial charge is 0.494 e. The minimum atomic E-state index is -0.0453. The summed E-state index contributed by atoms with van der Waals surface area (Å²) in [6.07, 6.45) is 1.08. The molecule has 0 aromatic heterocycles. The Kier molecular flexibility index (Phi) is 6.49. The van der Waals surface area contributed by atoms with E-state index in [4.69, 9.17) is 14.2 Å². The van der Waals surface area contributed by atoms with Gasteiger partial charge in [0, 0.05) is 18.2 Å². The Morgan fingerprint density at radius 2 is 1.71 bits per heavy atom. The Balaban J connectivity index is 1.89. The average molecular weight is 329 g/mol. The zero-order chi connectivity index (χ0) is 17.4. The van der Waals surface area contributed by atoms with Gasteiger partial charge in [-0.05, 0) is 43.2 Å². The van der Waals surface area contributed by atoms with Crippen LogP contribution in [0.3, 0.4) is 0 Å². The van der Waals surface area contributed by atoms with Gasteiger partial charge in [-0.2, -0.15) is 0 Å². The Morgan fingerprint density at radius 1 is 1.00 bits per heavy atom. The first kappa shape index (κ1) is 17.7. The molecular weight excluding hydrogens is 306 g/mol. The van der Waals surface area contributed by atoms with E-state index in [0.29, 0.717) is 36.6 Å². The number of carbonyl (C=O) groups is 1. The predicted octanol–water partition coefficient (Wildman–Crippen LogP) is 3.67. The van der Waals surface area contributed by atoms with Crippen molar-refractivity contribution in [2.45, 2.75) is 19.8 Å². The topological polar surface area (TPSA) is 56.8 Å². The molecule has 0 atom stereocenters. The molecule has 1 amide bonds. The highest BCUT2D eigenvalue weighted by Gasteiger charge is 2.08. The molecule has 5 nitrogen and oxygen atoms in total. The molecule has 1 N–H and O–H groups in total. The van der Waals surface area contributed by atoms with Gasteiger partial charge in [-0.3, -0.25) is 4.79 Å². The normalized spacial score (nSPS) is 10.1. The second kappa shape index (κ2) is 8.82. The lowest BCUT2D eigenvalue weighted by atomic mass is 10.1. The SMILES string of the molecule is CCOc1ccc(CCC(=O)Nc2ccc(OC)c(OC)c2)cc1. The summed E-state index contributed by atoms with van der Waals surface area (Å²) in [5.74, 6) is 2.01. The number of amides is 1. The molecule has 128 valence electrons. The Bertz CT molecular complexity index is 668. The molecule has 0 saturated heterocycles. The van der Waals surface area contributed by atoms with Crippen LogP contribution < -0.4 is 19.5 Å². The fourth-order valence-electron chi connectivity index (χ4n) is 2.31. The summed E-state index contributed by atoms with van der Waals surface area (Å²) in [4.78, 5) is 12.1. The van der Waals surface area contributed by atoms with Gasteiger partial charge in [-0.25, -0.2) is 0 Å². The van der Waals surface area contributed by atoms with Crippen molar-refractivity contribution >= 4 is 11.6 Å². The molecule has 0 spiro atoms. The second-order valence-electron chi connectivity index (χ2n) is 5.19. The maximum atomic E-state index is 12.1. The number of hydrogen-bond acceptors (Lipinski definition) is 4. The van der Waals surface area contributed by atoms with E-state index in [1.54, 1.807) is 32.4 Å². The van der Waals surface area contributed by atoms with Gasteiger partial charge in [0.05, 0.1) is 20.8 Å². The molecule has 0 heterocycles. The van der Waals surface area contributed by atoms with Gasteiger partial charge in [-0.15, -0.1) is 0 Å². The Hall–Kier alpha value is -2.69. The lowest BCUT2D eigenvalue weighted by Crippen LogP contribution is -2.12. The molecule has 5 heteroatoms. The van der Waals surface area contributed by atoms with Crippen molar-refractivity contribution in [2.75, 3.05) is 26.1 Å². The second-order valence-corrected chi connectivity index (χ2v) is 5.19. The van der Waals surface area contributed by atoms with Crippen LogP contribution in [0.4, 0.5) is 5.69 Å². The summed E-state index contributed by atoms with van der Waals surface area (Å²) in [7, 11) is 3.14. The van der Waals surface area contributed by atoms with Gasteiger partial charge in [0.1, 0.15) is 5.75 Å². The van der Waals surface area contributed by atoms with Crippen LogP contribution in [0.15, 0.2) is 42.5 Å². The molecule has 0 saturated carbocycles. The molecule has 0 aliphatic rings. The molecule has 0 radical (unpaired) electrons. The minimum Gasteiger partial charge on any atom is -0.494 e. The third-order valence-electron chi connectivity index (χ3n) is 3.54. The van der Waals surface area contributed by atoms with Gasteiger partial charge in [-0.1, -0.05) is 12.1 Å². The number of benzene rings is 2. The molecule has 2 aromatic carbocycles. The molecule has 0 bridgehead atoms. The smallest absolute Gasteiger partial charge is 0.224 e. The van der Waals surface area contributed by atoms with Gasteiger partial charge in [0.2, 0.25) is 5.91 Å². The van der Waals surface area contributed by atoms with Crippen LogP contribution in [0.25, 0.3) is 0 Å². The number of hydrogen-bond donors (Lipinski definition) is 1. The number of ether oxygens (including phenoxy) is 3. The first-order valence-corrected chi connectivity index (χ1v) is 7.90. The number of aryl methyl sites for hydroxylation is 1. The van der Waals surface area contributed by atoms with Crippen molar-refractivity contribution in [1.82, 2.24) is 0 Å². The number of rotatable bonds is 8. The standard InChI is InChI=1S/C19H23NO4/c1-4-24-16-9-5-14(6-10-16)7-12-19(21)20-15-8-11-17(22-2)18(13-15)23-3/h5-6,8-11,13H,4,7,12H2,1-3H3,(H,20,21). The van der Waals surface area contributed by atoms with E-state index in [1.807, 2.05) is 31.2 Å². The number of anilines is 1. The van der Waals surface area contributed by atoms with Crippen molar-refractivity contribution in [1.29, 1.82) is 0 Å². The average Bonchev–Trinajstić information content (AvgIpc) is 2.61. The number of nitrogens with one attached hydrogen (secondary N) is 1. The van der Waals surface area contributed by atoms with Crippen molar-refractivity contribution in [2.24, 2.45) is 0 Å². The van der Waals surface area contributed by atoms with Crippen LogP contribution in [0.5, 0.6) is 17.2 Å². The summed E-state index contributed by atoms with van der Waals surface area (Å²) >= 11 is 0. The van der Waals surface area contributed by atoms with E-state index in [1.165, 1.54) is 0 Å². The quantitative estimate of drug-likeness (QED) is 0.803. The number of methoxy groups -OCH3 is 2. The first-order chi connectivity index (χ1) is 11.7. The van der Waals surface area contributed by atoms with E-state index in [0.717, 1.165) is 11.3 Å². The van der Waals surface area contributed by atoms with Gasteiger partial charge < -0.3 is 19.5 Å². The fraction of sp³-hybridized carbons (Fsp3) is 0.316. The summed E-state index contributed by atoms with van der Waals surface area (Å²) < 4.78 is 15.8. The van der Waals surface area contributed by atoms with E-state index in [-0.39, 0.29) is 5.91 Å². The van der Waals surface area contributed by atoms with Crippen LogP contribution in [0.2, 0.25) is 0 Å². The van der Waals surface area contributed by atoms with Crippen molar-refractivity contribution in [3.8, 4) is 17.2 Å². The van der Waals surface area contributed by atoms with E-state index in [2.05, 4.69) is 5.32 Å². The van der Waals surface area contributed by atoms with Crippen molar-refractivity contribution in [3.63, 3.8) is 0 Å². The molecule has 0 aliphatic heterocycles. The first-order valence-electron chi connectivity index (χ1n) is 7.90. The molecule has 2 rings (SSSR count). The maximum absolute atomic E-state index is 12.1. The van der Waals surface area contributed by atoms with Crippen LogP contribution >= 0.6 is 0 Å². The molecule has 24 heavy (non-hydrogen) atoms. The summed E-state index contributed by atoms with van der Waals surface area (Å²) in [6, 6.07) is 13.1. The zero-order valence-electron chi connectivity index (χ0n) is 14.3. The third kappa shape index (κ3) is 4.91. The zero-order valence-corrected chi connectivity index (χ0v) is 14.3. The van der Waals surface area contributed by atoms with Gasteiger partial charge >= 0.3 is 0 Å². The van der Waals surface area contributed by atoms with Gasteiger partial charge in [0.25, 0.3) is 0 Å². The van der Waals surface area contributed by atoms with Crippen LogP contribution in [0.1, 0.15) is 18.9 Å². The van der Waals surface area contributed by atoms with Crippen LogP contribution in [-0.4, -0.2) is 26.7 Å². The van der Waals surface area contributed by atoms with Crippen LogP contribution in [-0.2, 0) is 11.2 Å². The Morgan fingerprint density at radius 3 is 2.33 bits per heavy atom. The fourth-order valence-corrected chi connectivity index (χ4v) is 2.31. The predicted molar refractivity (Wildman–Crippen MR) is 94.1 cm³/mol. The van der Waals surface area contributed by atoms with E-state index >= 15 is 0 Å². The molecule has 0 aliphatic carbocycles. The molecule has 2 aromatic rings.